The van der Waals surface area contributed by atoms with Gasteiger partial charge in [0.1, 0.15) is 6.33 Å². The molecule has 0 fully saturated rings. The van der Waals surface area contributed by atoms with Gasteiger partial charge in [0.25, 0.3) is 0 Å². The predicted molar refractivity (Wildman–Crippen MR) is 46.5 cm³/mol. The molecular formula is C9H14N2O. The van der Waals surface area contributed by atoms with Crippen molar-refractivity contribution in [1.82, 2.24) is 9.97 Å². The van der Waals surface area contributed by atoms with Crippen LogP contribution in [0.25, 0.3) is 0 Å². The smallest absolute Gasteiger partial charge is 0.115 e. The summed E-state index contributed by atoms with van der Waals surface area (Å²) in [5.41, 5.74) is 0.0522. The van der Waals surface area contributed by atoms with E-state index in [-0.39, 0.29) is 0 Å². The fraction of sp³-hybridized carbons (Fsp3) is 0.556. The number of hydrogen-bond acceptors (Lipinski definition) is 3. The Balaban J connectivity index is 2.95. The second kappa shape index (κ2) is 3.63. The predicted octanol–water partition coefficient (Wildman–Crippen LogP) is 1.48. The zero-order valence-corrected chi connectivity index (χ0v) is 7.49. The Labute approximate surface area is 72.5 Å². The molecule has 3 nitrogen and oxygen atoms in total. The summed E-state index contributed by atoms with van der Waals surface area (Å²) >= 11 is 0. The molecule has 0 unspecified atom stereocenters. The van der Waals surface area contributed by atoms with Crippen molar-refractivity contribution in [2.24, 2.45) is 0 Å². The van der Waals surface area contributed by atoms with E-state index in [1.807, 2.05) is 13.8 Å². The van der Waals surface area contributed by atoms with E-state index in [2.05, 4.69) is 9.97 Å². The van der Waals surface area contributed by atoms with Crippen LogP contribution in [0.1, 0.15) is 32.3 Å². The lowest BCUT2D eigenvalue weighted by atomic mass is 9.91. The topological polar surface area (TPSA) is 46.0 Å². The first-order valence-electron chi connectivity index (χ1n) is 4.21. The summed E-state index contributed by atoms with van der Waals surface area (Å²) in [7, 11) is 0. The maximum Gasteiger partial charge on any atom is 0.115 e. The van der Waals surface area contributed by atoms with Crippen molar-refractivity contribution in [2.75, 3.05) is 0 Å². The molecule has 1 aromatic heterocycles. The molecule has 0 amide bonds. The van der Waals surface area contributed by atoms with E-state index in [0.717, 1.165) is 5.56 Å². The zero-order valence-electron chi connectivity index (χ0n) is 7.49. The average Bonchev–Trinajstić information content (AvgIpc) is 2.18. The minimum Gasteiger partial charge on any atom is -0.385 e. The standard InChI is InChI=1S/C9H14N2O/c1-3-9(12,4-2)8-5-10-7-11-6-8/h5-7,12H,3-4H2,1-2H3. The second-order valence-electron chi connectivity index (χ2n) is 2.87. The van der Waals surface area contributed by atoms with Crippen LogP contribution in [0, 0.1) is 0 Å². The number of nitrogens with zero attached hydrogens (tertiary/aromatic N) is 2. The molecule has 1 rings (SSSR count). The van der Waals surface area contributed by atoms with Gasteiger partial charge < -0.3 is 5.11 Å². The summed E-state index contributed by atoms with van der Waals surface area (Å²) in [4.78, 5) is 7.75. The average molecular weight is 166 g/mol. The lowest BCUT2D eigenvalue weighted by Crippen LogP contribution is -2.23. The van der Waals surface area contributed by atoms with E-state index in [9.17, 15) is 5.11 Å². The van der Waals surface area contributed by atoms with E-state index in [1.54, 1.807) is 12.4 Å². The Hall–Kier alpha value is -0.960. The molecule has 0 atom stereocenters. The van der Waals surface area contributed by atoms with Gasteiger partial charge in [-0.1, -0.05) is 13.8 Å². The molecule has 0 saturated carbocycles. The van der Waals surface area contributed by atoms with Crippen molar-refractivity contribution in [1.29, 1.82) is 0 Å². The highest BCUT2D eigenvalue weighted by molar-refractivity contribution is 5.13. The van der Waals surface area contributed by atoms with Crippen LogP contribution in [-0.2, 0) is 5.60 Å². The van der Waals surface area contributed by atoms with Crippen LogP contribution in [-0.4, -0.2) is 15.1 Å². The van der Waals surface area contributed by atoms with Gasteiger partial charge in [0.2, 0.25) is 0 Å². The molecule has 12 heavy (non-hydrogen) atoms. The fourth-order valence-electron chi connectivity index (χ4n) is 1.20. The van der Waals surface area contributed by atoms with Crippen molar-refractivity contribution in [3.8, 4) is 0 Å². The van der Waals surface area contributed by atoms with Gasteiger partial charge in [0.05, 0.1) is 5.60 Å². The van der Waals surface area contributed by atoms with Gasteiger partial charge in [-0.25, -0.2) is 9.97 Å². The van der Waals surface area contributed by atoms with Crippen LogP contribution in [0.15, 0.2) is 18.7 Å². The Kier molecular flexibility index (Phi) is 2.76. The number of rotatable bonds is 3. The number of aliphatic hydroxyl groups is 1. The molecule has 0 radical (unpaired) electrons. The number of aromatic nitrogens is 2. The molecule has 0 spiro atoms. The first-order chi connectivity index (χ1) is 5.73. The lowest BCUT2D eigenvalue weighted by molar-refractivity contribution is 0.0277. The van der Waals surface area contributed by atoms with Crippen LogP contribution in [0.3, 0.4) is 0 Å². The molecule has 0 aliphatic rings. The Morgan fingerprint density at radius 2 is 1.75 bits per heavy atom. The van der Waals surface area contributed by atoms with Crippen LogP contribution in [0.4, 0.5) is 0 Å². The van der Waals surface area contributed by atoms with Gasteiger partial charge >= 0.3 is 0 Å². The first-order valence-corrected chi connectivity index (χ1v) is 4.21. The highest BCUT2D eigenvalue weighted by atomic mass is 16.3. The van der Waals surface area contributed by atoms with E-state index in [0.29, 0.717) is 12.8 Å². The van der Waals surface area contributed by atoms with Gasteiger partial charge in [-0.05, 0) is 12.8 Å². The lowest BCUT2D eigenvalue weighted by Gasteiger charge is -2.24. The molecule has 0 aliphatic heterocycles. The van der Waals surface area contributed by atoms with Crippen LogP contribution in [0.5, 0.6) is 0 Å². The summed E-state index contributed by atoms with van der Waals surface area (Å²) in [6.45, 7) is 3.91. The number of hydrogen-bond donors (Lipinski definition) is 1. The molecule has 1 aromatic rings. The van der Waals surface area contributed by atoms with Crippen molar-refractivity contribution in [2.45, 2.75) is 32.3 Å². The van der Waals surface area contributed by atoms with Gasteiger partial charge in [-0.3, -0.25) is 0 Å². The molecule has 1 N–H and O–H groups in total. The molecule has 0 bridgehead atoms. The monoisotopic (exact) mass is 166 g/mol. The highest BCUT2D eigenvalue weighted by Crippen LogP contribution is 2.26. The van der Waals surface area contributed by atoms with Gasteiger partial charge in [-0.15, -0.1) is 0 Å². The molecule has 0 aromatic carbocycles. The molecule has 0 aliphatic carbocycles. The van der Waals surface area contributed by atoms with E-state index < -0.39 is 5.60 Å². The maximum atomic E-state index is 10.0. The van der Waals surface area contributed by atoms with Gasteiger partial charge in [0, 0.05) is 18.0 Å². The van der Waals surface area contributed by atoms with Crippen LogP contribution < -0.4 is 0 Å². The SMILES string of the molecule is CCC(O)(CC)c1cncnc1. The normalized spacial score (nSPS) is 11.6. The Morgan fingerprint density at radius 3 is 2.17 bits per heavy atom. The third kappa shape index (κ3) is 1.61. The first kappa shape index (κ1) is 9.13. The van der Waals surface area contributed by atoms with Crippen molar-refractivity contribution < 1.29 is 5.11 Å². The van der Waals surface area contributed by atoms with E-state index in [1.165, 1.54) is 6.33 Å². The molecule has 0 saturated heterocycles. The second-order valence-corrected chi connectivity index (χ2v) is 2.87. The van der Waals surface area contributed by atoms with Crippen molar-refractivity contribution >= 4 is 0 Å². The molecule has 66 valence electrons. The van der Waals surface area contributed by atoms with E-state index in [4.69, 9.17) is 0 Å². The molecular weight excluding hydrogens is 152 g/mol. The van der Waals surface area contributed by atoms with Gasteiger partial charge in [0.15, 0.2) is 0 Å². The third-order valence-corrected chi connectivity index (χ3v) is 2.27. The minimum atomic E-state index is -0.749. The quantitative estimate of drug-likeness (QED) is 0.739. The largest absolute Gasteiger partial charge is 0.385 e. The summed E-state index contributed by atoms with van der Waals surface area (Å²) < 4.78 is 0. The molecule has 1 heterocycles. The van der Waals surface area contributed by atoms with Crippen molar-refractivity contribution in [3.05, 3.63) is 24.3 Å². The third-order valence-electron chi connectivity index (χ3n) is 2.27. The summed E-state index contributed by atoms with van der Waals surface area (Å²) in [5.74, 6) is 0. The highest BCUT2D eigenvalue weighted by Gasteiger charge is 2.24. The summed E-state index contributed by atoms with van der Waals surface area (Å²) in [5, 5.41) is 10.0. The van der Waals surface area contributed by atoms with Gasteiger partial charge in [-0.2, -0.15) is 0 Å². The maximum absolute atomic E-state index is 10.0. The summed E-state index contributed by atoms with van der Waals surface area (Å²) in [6, 6.07) is 0. The Morgan fingerprint density at radius 1 is 1.25 bits per heavy atom. The van der Waals surface area contributed by atoms with E-state index >= 15 is 0 Å². The molecule has 3 heteroatoms. The fourth-order valence-corrected chi connectivity index (χ4v) is 1.20. The Bertz CT molecular complexity index is 232. The van der Waals surface area contributed by atoms with Crippen LogP contribution >= 0.6 is 0 Å². The zero-order chi connectivity index (χ0) is 9.03. The minimum absolute atomic E-state index is 0.691. The van der Waals surface area contributed by atoms with Crippen LogP contribution in [0.2, 0.25) is 0 Å². The van der Waals surface area contributed by atoms with Crippen molar-refractivity contribution in [3.63, 3.8) is 0 Å². The summed E-state index contributed by atoms with van der Waals surface area (Å²) in [6.07, 6.45) is 6.18.